The van der Waals surface area contributed by atoms with Crippen LogP contribution in [0.2, 0.25) is 0 Å². The Labute approximate surface area is 261 Å². The molecular weight excluding hydrogens is 1000 g/mol. The Morgan fingerprint density at radius 3 is 1.21 bits per heavy atom. The highest BCUT2D eigenvalue weighted by atomic mass is 79.9. The number of halogens is 9. The van der Waals surface area contributed by atoms with Crippen LogP contribution in [0.25, 0.3) is 0 Å². The molecule has 0 aromatic carbocycles. The Morgan fingerprint density at radius 1 is 0.759 bits per heavy atom. The fourth-order valence-corrected chi connectivity index (χ4v) is 15.8. The molecule has 0 aromatic rings. The predicted molar refractivity (Wildman–Crippen MR) is 172 cm³/mol. The van der Waals surface area contributed by atoms with E-state index in [0.717, 1.165) is 53.7 Å². The Morgan fingerprint density at radius 2 is 1.10 bits per heavy atom. The lowest BCUT2D eigenvalue weighted by Gasteiger charge is -2.37. The molecule has 12 heteroatoms. The largest absolute Gasteiger partial charge is 0.288 e. The third kappa shape index (κ3) is 14.7. The normalized spacial score (nSPS) is 15.4. The molecule has 0 aromatic heterocycles. The van der Waals surface area contributed by atoms with Gasteiger partial charge in [-0.1, -0.05) is 155 Å². The molecule has 0 saturated carbocycles. The molecule has 1 fully saturated rings. The summed E-state index contributed by atoms with van der Waals surface area (Å²) in [6.07, 6.45) is 0. The van der Waals surface area contributed by atoms with Crippen LogP contribution in [0.3, 0.4) is 0 Å². The van der Waals surface area contributed by atoms with E-state index in [4.69, 9.17) is 0 Å². The predicted octanol–water partition coefficient (Wildman–Crippen LogP) is 9.50. The van der Waals surface area contributed by atoms with Gasteiger partial charge in [-0.2, -0.15) is 11.8 Å². The van der Waals surface area contributed by atoms with Crippen LogP contribution in [0.4, 0.5) is 0 Å². The summed E-state index contributed by atoms with van der Waals surface area (Å²) in [7, 11) is 0. The molecule has 176 valence electrons. The maximum atomic E-state index is 10.8. The molecule has 1 nitrogen and oxygen atoms in total. The van der Waals surface area contributed by atoms with E-state index in [1.54, 1.807) is 6.92 Å². The minimum atomic E-state index is 0.149. The van der Waals surface area contributed by atoms with E-state index in [0.29, 0.717) is 10.8 Å². The van der Waals surface area contributed by atoms with Crippen molar-refractivity contribution in [2.75, 3.05) is 65.2 Å². The van der Waals surface area contributed by atoms with E-state index in [-0.39, 0.29) is 10.5 Å². The minimum Gasteiger partial charge on any atom is -0.288 e. The number of carbonyl (C=O) groups excluding carboxylic acids is 1. The summed E-state index contributed by atoms with van der Waals surface area (Å²) in [6.45, 7) is 1.60. The van der Waals surface area contributed by atoms with Crippen molar-refractivity contribution in [3.63, 3.8) is 0 Å². The lowest BCUT2D eigenvalue weighted by Crippen LogP contribution is -2.38. The zero-order valence-corrected chi connectivity index (χ0v) is 32.0. The smallest absolute Gasteiger partial charge is 0.185 e. The van der Waals surface area contributed by atoms with Crippen molar-refractivity contribution in [1.29, 1.82) is 0 Å². The van der Waals surface area contributed by atoms with Gasteiger partial charge in [0.15, 0.2) is 5.12 Å². The fraction of sp³-hybridized carbons (Fsp3) is 0.941. The second-order valence-electron chi connectivity index (χ2n) is 6.98. The summed E-state index contributed by atoms with van der Waals surface area (Å²) in [5.41, 5.74) is 1.08. The van der Waals surface area contributed by atoms with Crippen molar-refractivity contribution in [3.8, 4) is 0 Å². The van der Waals surface area contributed by atoms with Gasteiger partial charge in [-0.15, -0.1) is 0 Å². The van der Waals surface area contributed by atoms with Crippen molar-refractivity contribution < 1.29 is 4.79 Å². The van der Waals surface area contributed by atoms with Crippen LogP contribution in [0.1, 0.15) is 6.92 Å². The first-order chi connectivity index (χ1) is 13.7. The highest BCUT2D eigenvalue weighted by molar-refractivity contribution is 9.11. The Balaban J connectivity index is 0. The number of alkyl halides is 9. The van der Waals surface area contributed by atoms with E-state index < -0.39 is 0 Å². The molecule has 0 bridgehead atoms. The summed E-state index contributed by atoms with van der Waals surface area (Å²) >= 11 is 34.6. The van der Waals surface area contributed by atoms with Gasteiger partial charge >= 0.3 is 0 Å². The highest BCUT2D eigenvalue weighted by Crippen LogP contribution is 2.40. The first-order valence-electron chi connectivity index (χ1n) is 8.42. The second kappa shape index (κ2) is 20.8. The zero-order valence-electron chi connectivity index (χ0n) is 16.1. The lowest BCUT2D eigenvalue weighted by atomic mass is 9.99. The number of hydrogen-bond acceptors (Lipinski definition) is 3. The average Bonchev–Trinajstić information content (AvgIpc) is 2.73. The molecule has 1 aliphatic heterocycles. The molecule has 0 unspecified atom stereocenters. The molecule has 0 radical (unpaired) electrons. The fourth-order valence-electron chi connectivity index (χ4n) is 1.27. The molecule has 0 amide bonds. The van der Waals surface area contributed by atoms with Crippen LogP contribution in [-0.4, -0.2) is 70.3 Å². The molecule has 0 atom stereocenters. The molecule has 29 heavy (non-hydrogen) atoms. The molecule has 1 saturated heterocycles. The van der Waals surface area contributed by atoms with E-state index in [9.17, 15) is 4.79 Å². The van der Waals surface area contributed by atoms with E-state index in [2.05, 4.69) is 143 Å². The van der Waals surface area contributed by atoms with Crippen molar-refractivity contribution >= 4 is 172 Å². The van der Waals surface area contributed by atoms with Gasteiger partial charge in [0.2, 0.25) is 0 Å². The molecule has 0 N–H and O–H groups in total. The summed E-state index contributed by atoms with van der Waals surface area (Å²) in [6, 6.07) is 0. The first-order valence-corrected chi connectivity index (χ1v) is 20.7. The summed E-state index contributed by atoms with van der Waals surface area (Å²) in [4.78, 5) is 10.8. The molecule has 0 aliphatic carbocycles. The van der Waals surface area contributed by atoms with Crippen LogP contribution in [0, 0.1) is 16.2 Å². The zero-order chi connectivity index (χ0) is 23.0. The third-order valence-electron chi connectivity index (χ3n) is 3.95. The SMILES string of the molecule is BrCC(CBr)(CBr)CBr.BrCC1(CBr)CSC1.CC(=O)SCC(CBr)(CBr)CBr. The van der Waals surface area contributed by atoms with E-state index in [1.165, 1.54) is 23.3 Å². The van der Waals surface area contributed by atoms with Crippen LogP contribution >= 0.6 is 167 Å². The van der Waals surface area contributed by atoms with Crippen molar-refractivity contribution in [1.82, 2.24) is 0 Å². The monoisotopic (exact) mass is 1020 g/mol. The summed E-state index contributed by atoms with van der Waals surface area (Å²) in [5, 5.41) is 9.25. The summed E-state index contributed by atoms with van der Waals surface area (Å²) in [5.74, 6) is 3.50. The van der Waals surface area contributed by atoms with Gasteiger partial charge in [0.05, 0.1) is 0 Å². The van der Waals surface area contributed by atoms with Crippen LogP contribution in [0.15, 0.2) is 0 Å². The van der Waals surface area contributed by atoms with Gasteiger partial charge in [0.25, 0.3) is 0 Å². The quantitative estimate of drug-likeness (QED) is 0.192. The molecule has 1 rings (SSSR count). The van der Waals surface area contributed by atoms with Crippen LogP contribution < -0.4 is 0 Å². The molecule has 0 spiro atoms. The molecular formula is C17H27Br9OS2. The van der Waals surface area contributed by atoms with Gasteiger partial charge in [-0.3, -0.25) is 4.79 Å². The van der Waals surface area contributed by atoms with Gasteiger partial charge in [-0.25, -0.2) is 0 Å². The number of carbonyl (C=O) groups is 1. The number of hydrogen-bond donors (Lipinski definition) is 0. The van der Waals surface area contributed by atoms with Gasteiger partial charge < -0.3 is 0 Å². The Hall–Kier alpha value is 4.69. The molecule has 1 heterocycles. The second-order valence-corrected chi connectivity index (χ2v) is 14.2. The Kier molecular flexibility index (Phi) is 25.8. The highest BCUT2D eigenvalue weighted by Gasteiger charge is 2.35. The van der Waals surface area contributed by atoms with Crippen molar-refractivity contribution in [2.24, 2.45) is 16.2 Å². The van der Waals surface area contributed by atoms with Crippen LogP contribution in [-0.2, 0) is 4.79 Å². The maximum absolute atomic E-state index is 10.8. The molecule has 1 aliphatic rings. The van der Waals surface area contributed by atoms with Crippen molar-refractivity contribution in [3.05, 3.63) is 0 Å². The van der Waals surface area contributed by atoms with Gasteiger partial charge in [0.1, 0.15) is 0 Å². The lowest BCUT2D eigenvalue weighted by molar-refractivity contribution is -0.109. The first kappa shape index (κ1) is 35.8. The topological polar surface area (TPSA) is 17.1 Å². The van der Waals surface area contributed by atoms with Crippen molar-refractivity contribution in [2.45, 2.75) is 6.92 Å². The standard InChI is InChI=1S/C7H11Br3OS.C5H8Br4.C5H8Br2S/c1-6(11)12-5-7(2-8,3-9)4-10;6-1-5(2-7,3-8)4-9;6-1-5(2-7)3-8-4-5/h2-5H2,1H3;1-4H2;1-4H2. The van der Waals surface area contributed by atoms with E-state index in [1.807, 2.05) is 11.8 Å². The number of rotatable bonds is 11. The maximum Gasteiger partial charge on any atom is 0.185 e. The Bertz CT molecular complexity index is 378. The minimum absolute atomic E-state index is 0.149. The van der Waals surface area contributed by atoms with Gasteiger partial charge in [0, 0.05) is 88.4 Å². The third-order valence-corrected chi connectivity index (χ3v) is 17.5. The van der Waals surface area contributed by atoms with Crippen LogP contribution in [0.5, 0.6) is 0 Å². The average molecular weight is 1030 g/mol. The van der Waals surface area contributed by atoms with Gasteiger partial charge in [-0.05, 0) is 0 Å². The van der Waals surface area contributed by atoms with E-state index >= 15 is 0 Å². The number of thioether (sulfide) groups is 2. The summed E-state index contributed by atoms with van der Waals surface area (Å²) < 4.78 is 0.